The molecule has 13 nitrogen and oxygen atoms in total. The average molecular weight is 566 g/mol. The largest absolute Gasteiger partial charge is 0.427 e. The van der Waals surface area contributed by atoms with Crippen molar-refractivity contribution in [2.75, 3.05) is 18.3 Å². The zero-order valence-electron chi connectivity index (χ0n) is 21.3. The first-order chi connectivity index (χ1) is 17.8. The van der Waals surface area contributed by atoms with Gasteiger partial charge in [0.25, 0.3) is 11.8 Å². The first-order valence-corrected chi connectivity index (χ1v) is 13.2. The number of allylic oxidation sites excluding steroid dienone is 2. The molecule has 38 heavy (non-hydrogen) atoms. The summed E-state index contributed by atoms with van der Waals surface area (Å²) in [5.74, 6) is -3.21. The number of amides is 2. The lowest BCUT2D eigenvalue weighted by Gasteiger charge is -2.49. The second-order valence-electron chi connectivity index (χ2n) is 9.06. The molecule has 0 aliphatic carbocycles. The molecule has 1 saturated heterocycles. The van der Waals surface area contributed by atoms with Gasteiger partial charge in [0.05, 0.1) is 5.41 Å². The molecular weight excluding hydrogens is 538 g/mol. The molecule has 0 radical (unpaired) electrons. The van der Waals surface area contributed by atoms with Gasteiger partial charge in [0.1, 0.15) is 22.8 Å². The number of rotatable bonds is 8. The van der Waals surface area contributed by atoms with E-state index in [0.717, 1.165) is 18.3 Å². The summed E-state index contributed by atoms with van der Waals surface area (Å²) in [6, 6.07) is -1.01. The van der Waals surface area contributed by atoms with Crippen LogP contribution in [0.25, 0.3) is 0 Å². The summed E-state index contributed by atoms with van der Waals surface area (Å²) in [4.78, 5) is 72.1. The summed E-state index contributed by atoms with van der Waals surface area (Å²) in [6.45, 7) is 7.23. The monoisotopic (exact) mass is 565 g/mol. The molecule has 3 N–H and O–H groups in total. The van der Waals surface area contributed by atoms with Crippen molar-refractivity contribution in [1.29, 1.82) is 0 Å². The third-order valence-corrected chi connectivity index (χ3v) is 7.06. The van der Waals surface area contributed by atoms with Gasteiger partial charge in [-0.25, -0.2) is 14.6 Å². The van der Waals surface area contributed by atoms with Crippen molar-refractivity contribution in [1.82, 2.24) is 15.2 Å². The van der Waals surface area contributed by atoms with Crippen molar-refractivity contribution in [2.45, 2.75) is 46.0 Å². The molecule has 3 heterocycles. The Labute approximate surface area is 226 Å². The van der Waals surface area contributed by atoms with E-state index >= 15 is 0 Å². The lowest BCUT2D eigenvalue weighted by molar-refractivity contribution is -0.173. The maximum absolute atomic E-state index is 13.1. The SMILES string of the molecule is C/C=C\C1=C(C(=O)OCOC(=O)C(C)(C)C)N2C(=O)[C@@H](NC(=O)/C(=N\OC(C)=O)c3csc(N)n3)[C@@H]2SC1. The molecule has 2 aliphatic rings. The number of thiazole rings is 1. The Hall–Kier alpha value is -3.72. The number of nitrogens with zero attached hydrogens (tertiary/aromatic N) is 3. The highest BCUT2D eigenvalue weighted by molar-refractivity contribution is 8.00. The van der Waals surface area contributed by atoms with E-state index in [0.29, 0.717) is 11.3 Å². The molecule has 1 aromatic rings. The second kappa shape index (κ2) is 11.8. The molecule has 2 aliphatic heterocycles. The number of carbonyl (C=O) groups is 5. The fourth-order valence-corrected chi connectivity index (χ4v) is 5.17. The molecule has 15 heteroatoms. The van der Waals surface area contributed by atoms with E-state index in [1.807, 2.05) is 0 Å². The molecule has 1 aromatic heterocycles. The van der Waals surface area contributed by atoms with Gasteiger partial charge in [-0.2, -0.15) is 0 Å². The molecule has 204 valence electrons. The Kier molecular flexibility index (Phi) is 8.93. The number of aromatic nitrogens is 1. The van der Waals surface area contributed by atoms with Gasteiger partial charge in [-0.1, -0.05) is 17.3 Å². The van der Waals surface area contributed by atoms with Crippen molar-refractivity contribution in [3.05, 3.63) is 34.5 Å². The van der Waals surface area contributed by atoms with Crippen LogP contribution < -0.4 is 11.1 Å². The molecule has 0 unspecified atom stereocenters. The van der Waals surface area contributed by atoms with Crippen molar-refractivity contribution in [2.24, 2.45) is 10.6 Å². The van der Waals surface area contributed by atoms with E-state index < -0.39 is 53.3 Å². The zero-order valence-corrected chi connectivity index (χ0v) is 22.9. The van der Waals surface area contributed by atoms with Crippen molar-refractivity contribution < 1.29 is 38.3 Å². The minimum atomic E-state index is -1.01. The fourth-order valence-electron chi connectivity index (χ4n) is 3.30. The summed E-state index contributed by atoms with van der Waals surface area (Å²) in [5.41, 5.74) is 5.11. The number of nitrogens with one attached hydrogen (secondary N) is 1. The van der Waals surface area contributed by atoms with Crippen LogP contribution in [0.15, 0.2) is 34.0 Å². The van der Waals surface area contributed by atoms with E-state index in [9.17, 15) is 24.0 Å². The Morgan fingerprint density at radius 3 is 2.58 bits per heavy atom. The van der Waals surface area contributed by atoms with Gasteiger partial charge in [0.2, 0.25) is 6.79 Å². The number of ether oxygens (including phenoxy) is 2. The van der Waals surface area contributed by atoms with E-state index in [2.05, 4.69) is 20.3 Å². The Morgan fingerprint density at radius 1 is 1.29 bits per heavy atom. The highest BCUT2D eigenvalue weighted by Gasteiger charge is 2.54. The fraction of sp³-hybridized carbons (Fsp3) is 0.435. The maximum atomic E-state index is 13.1. The number of hydrogen-bond donors (Lipinski definition) is 2. The minimum absolute atomic E-state index is 0.00441. The Balaban J connectivity index is 1.76. The molecule has 0 bridgehead atoms. The average Bonchev–Trinajstić information content (AvgIpc) is 3.27. The van der Waals surface area contributed by atoms with Gasteiger partial charge >= 0.3 is 17.9 Å². The lowest BCUT2D eigenvalue weighted by atomic mass is 9.98. The van der Waals surface area contributed by atoms with E-state index in [-0.39, 0.29) is 22.2 Å². The minimum Gasteiger partial charge on any atom is -0.427 e. The lowest BCUT2D eigenvalue weighted by Crippen LogP contribution is -2.71. The van der Waals surface area contributed by atoms with Gasteiger partial charge in [0, 0.05) is 18.1 Å². The maximum Gasteiger partial charge on any atom is 0.358 e. The zero-order chi connectivity index (χ0) is 28.2. The number of fused-ring (bicyclic) bond motifs is 1. The van der Waals surface area contributed by atoms with Crippen LogP contribution in [-0.2, 0) is 38.3 Å². The van der Waals surface area contributed by atoms with Crippen LogP contribution in [0.5, 0.6) is 0 Å². The summed E-state index contributed by atoms with van der Waals surface area (Å²) in [5, 5.41) is 7.12. The predicted molar refractivity (Wildman–Crippen MR) is 138 cm³/mol. The molecule has 1 fully saturated rings. The van der Waals surface area contributed by atoms with Crippen molar-refractivity contribution in [3.63, 3.8) is 0 Å². The first kappa shape index (κ1) is 28.8. The molecule has 0 aromatic carbocycles. The smallest absolute Gasteiger partial charge is 0.358 e. The van der Waals surface area contributed by atoms with Crippen LogP contribution in [0.4, 0.5) is 5.13 Å². The number of thioether (sulfide) groups is 1. The van der Waals surface area contributed by atoms with Crippen molar-refractivity contribution in [3.8, 4) is 0 Å². The number of anilines is 1. The van der Waals surface area contributed by atoms with E-state index in [1.165, 1.54) is 22.0 Å². The number of hydrogen-bond acceptors (Lipinski definition) is 13. The van der Waals surface area contributed by atoms with Crippen LogP contribution in [0.2, 0.25) is 0 Å². The Bertz CT molecular complexity index is 1250. The summed E-state index contributed by atoms with van der Waals surface area (Å²) >= 11 is 2.38. The molecule has 0 saturated carbocycles. The first-order valence-electron chi connectivity index (χ1n) is 11.3. The standard InChI is InChI=1S/C23H27N5O8S2/c1-6-7-12-8-37-19-15(26-17(30)14(27-36-11(2)29)13-9-38-22(24)25-13)18(31)28(19)16(12)20(32)34-10-35-21(33)23(3,4)5/h6-7,9,15,19H,8,10H2,1-5H3,(H2,24,25)(H,26,30)/b7-6-,27-14-/t15-,19+/m1/s1. The molecule has 2 atom stereocenters. The number of esters is 2. The van der Waals surface area contributed by atoms with Crippen LogP contribution in [0.3, 0.4) is 0 Å². The number of oxime groups is 1. The van der Waals surface area contributed by atoms with E-state index in [1.54, 1.807) is 39.8 Å². The number of carbonyl (C=O) groups excluding carboxylic acids is 5. The number of nitrogen functional groups attached to an aromatic ring is 1. The number of β-lactam (4-membered cyclic amide) rings is 1. The molecule has 3 rings (SSSR count). The van der Waals surface area contributed by atoms with Gasteiger partial charge in [-0.3, -0.25) is 19.3 Å². The molecule has 0 spiro atoms. The van der Waals surface area contributed by atoms with Crippen LogP contribution >= 0.6 is 23.1 Å². The van der Waals surface area contributed by atoms with E-state index in [4.69, 9.17) is 15.2 Å². The third-order valence-electron chi connectivity index (χ3n) is 5.08. The van der Waals surface area contributed by atoms with Gasteiger partial charge in [0.15, 0.2) is 10.8 Å². The molecule has 2 amide bonds. The van der Waals surface area contributed by atoms with Crippen molar-refractivity contribution >= 4 is 63.7 Å². The Morgan fingerprint density at radius 2 is 2.00 bits per heavy atom. The van der Waals surface area contributed by atoms with Gasteiger partial charge < -0.3 is 25.4 Å². The van der Waals surface area contributed by atoms with Crippen LogP contribution in [0, 0.1) is 5.41 Å². The summed E-state index contributed by atoms with van der Waals surface area (Å²) in [7, 11) is 0. The quantitative estimate of drug-likeness (QED) is 0.116. The van der Waals surface area contributed by atoms with Gasteiger partial charge in [-0.15, -0.1) is 23.1 Å². The number of nitrogens with two attached hydrogens (primary N) is 1. The highest BCUT2D eigenvalue weighted by atomic mass is 32.2. The second-order valence-corrected chi connectivity index (χ2v) is 11.1. The predicted octanol–water partition coefficient (Wildman–Crippen LogP) is 1.31. The molecular formula is C23H27N5O8S2. The van der Waals surface area contributed by atoms with Crippen LogP contribution in [-0.4, -0.2) is 69.3 Å². The summed E-state index contributed by atoms with van der Waals surface area (Å²) in [6.07, 6.45) is 3.39. The highest BCUT2D eigenvalue weighted by Crippen LogP contribution is 2.41. The normalized spacial score (nSPS) is 19.6. The van der Waals surface area contributed by atoms with Gasteiger partial charge in [-0.05, 0) is 33.3 Å². The third kappa shape index (κ3) is 6.39. The summed E-state index contributed by atoms with van der Waals surface area (Å²) < 4.78 is 10.1. The van der Waals surface area contributed by atoms with Crippen LogP contribution in [0.1, 0.15) is 40.3 Å². The topological polar surface area (TPSA) is 180 Å².